The molecule has 1 N–H and O–H groups in total. The van der Waals surface area contributed by atoms with Gasteiger partial charge in [0.2, 0.25) is 0 Å². The second kappa shape index (κ2) is 4.52. The lowest BCUT2D eigenvalue weighted by Gasteiger charge is -2.13. The molecule has 16 heavy (non-hydrogen) atoms. The Morgan fingerprint density at radius 1 is 1.44 bits per heavy atom. The van der Waals surface area contributed by atoms with E-state index in [-0.39, 0.29) is 17.3 Å². The summed E-state index contributed by atoms with van der Waals surface area (Å²) < 4.78 is 31.6. The highest BCUT2D eigenvalue weighted by Gasteiger charge is 2.22. The van der Waals surface area contributed by atoms with E-state index in [4.69, 9.17) is 4.55 Å². The molecule has 0 unspecified atom stereocenters. The molecule has 0 radical (unpaired) electrons. The maximum Gasteiger partial charge on any atom is 0.295 e. The minimum absolute atomic E-state index is 0. The van der Waals surface area contributed by atoms with Gasteiger partial charge in [-0.2, -0.15) is 8.42 Å². The van der Waals surface area contributed by atoms with Gasteiger partial charge in [-0.3, -0.25) is 4.55 Å². The van der Waals surface area contributed by atoms with Crippen molar-refractivity contribution in [2.45, 2.75) is 11.3 Å². The van der Waals surface area contributed by atoms with Crippen molar-refractivity contribution in [3.05, 3.63) is 22.2 Å². The summed E-state index contributed by atoms with van der Waals surface area (Å²) in [5.41, 5.74) is 1.96. The first-order valence-corrected chi connectivity index (χ1v) is 6.64. The van der Waals surface area contributed by atoms with E-state index in [9.17, 15) is 8.42 Å². The largest absolute Gasteiger partial charge is 0.374 e. The highest BCUT2D eigenvalue weighted by Crippen LogP contribution is 2.34. The average molecular weight is 329 g/mol. The quantitative estimate of drug-likeness (QED) is 0.802. The van der Waals surface area contributed by atoms with Gasteiger partial charge in [0.1, 0.15) is 4.90 Å². The smallest absolute Gasteiger partial charge is 0.295 e. The summed E-state index contributed by atoms with van der Waals surface area (Å²) in [6.07, 6.45) is 0.899. The monoisotopic (exact) mass is 327 g/mol. The molecule has 0 fully saturated rings. The van der Waals surface area contributed by atoms with Crippen LogP contribution in [0, 0.1) is 0 Å². The van der Waals surface area contributed by atoms with Crippen molar-refractivity contribution >= 4 is 44.1 Å². The molecule has 0 saturated carbocycles. The Balaban J connectivity index is 0.00000128. The number of anilines is 1. The maximum absolute atomic E-state index is 11.1. The molecule has 0 aromatic heterocycles. The molecular weight excluding hydrogens is 318 g/mol. The van der Waals surface area contributed by atoms with E-state index in [1.807, 2.05) is 11.9 Å². The van der Waals surface area contributed by atoms with E-state index < -0.39 is 10.1 Å². The molecule has 1 aromatic carbocycles. The van der Waals surface area contributed by atoms with Crippen molar-refractivity contribution in [3.8, 4) is 0 Å². The van der Waals surface area contributed by atoms with Crippen LogP contribution in [0.2, 0.25) is 0 Å². The molecule has 2 rings (SSSR count). The van der Waals surface area contributed by atoms with Gasteiger partial charge >= 0.3 is 0 Å². The van der Waals surface area contributed by atoms with Gasteiger partial charge in [-0.25, -0.2) is 0 Å². The number of rotatable bonds is 1. The lowest BCUT2D eigenvalue weighted by molar-refractivity contribution is 0.482. The first-order chi connectivity index (χ1) is 6.89. The lowest BCUT2D eigenvalue weighted by Crippen LogP contribution is -2.13. The third-order valence-electron chi connectivity index (χ3n) is 2.54. The van der Waals surface area contributed by atoms with E-state index in [2.05, 4.69) is 15.9 Å². The molecule has 4 nitrogen and oxygen atoms in total. The van der Waals surface area contributed by atoms with Crippen LogP contribution < -0.4 is 4.90 Å². The van der Waals surface area contributed by atoms with Gasteiger partial charge in [0.15, 0.2) is 0 Å². The van der Waals surface area contributed by atoms with E-state index in [0.717, 1.165) is 24.2 Å². The second-order valence-electron chi connectivity index (χ2n) is 3.56. The maximum atomic E-state index is 11.1. The van der Waals surface area contributed by atoms with Gasteiger partial charge in [-0.15, -0.1) is 12.4 Å². The van der Waals surface area contributed by atoms with Crippen LogP contribution in [0.3, 0.4) is 0 Å². The predicted octanol–water partition coefficient (Wildman–Crippen LogP) is 2.11. The Kier molecular flexibility index (Phi) is 3.89. The molecule has 0 aliphatic carbocycles. The van der Waals surface area contributed by atoms with Gasteiger partial charge in [0.05, 0.1) is 0 Å². The fourth-order valence-corrected chi connectivity index (χ4v) is 3.32. The molecule has 0 atom stereocenters. The Labute approximate surface area is 109 Å². The van der Waals surface area contributed by atoms with E-state index >= 15 is 0 Å². The van der Waals surface area contributed by atoms with E-state index in [1.54, 1.807) is 6.07 Å². The highest BCUT2D eigenvalue weighted by molar-refractivity contribution is 9.10. The zero-order valence-corrected chi connectivity index (χ0v) is 11.7. The van der Waals surface area contributed by atoms with Crippen molar-refractivity contribution in [1.82, 2.24) is 0 Å². The van der Waals surface area contributed by atoms with Crippen molar-refractivity contribution in [3.63, 3.8) is 0 Å². The van der Waals surface area contributed by atoms with Crippen LogP contribution in [0.5, 0.6) is 0 Å². The number of benzene rings is 1. The number of hydrogen-bond donors (Lipinski definition) is 1. The van der Waals surface area contributed by atoms with Gasteiger partial charge < -0.3 is 4.90 Å². The normalized spacial score (nSPS) is 14.6. The van der Waals surface area contributed by atoms with Crippen molar-refractivity contribution in [1.29, 1.82) is 0 Å². The summed E-state index contributed by atoms with van der Waals surface area (Å²) in [7, 11) is -2.26. The van der Waals surface area contributed by atoms with Crippen molar-refractivity contribution in [2.24, 2.45) is 0 Å². The summed E-state index contributed by atoms with van der Waals surface area (Å²) in [4.78, 5) is 1.89. The van der Waals surface area contributed by atoms with Crippen LogP contribution in [0.1, 0.15) is 5.56 Å². The van der Waals surface area contributed by atoms with Gasteiger partial charge in [0, 0.05) is 23.8 Å². The number of fused-ring (bicyclic) bond motifs is 1. The molecule has 1 aliphatic rings. The SMILES string of the molecule is CN1CCc2cc(Br)c(S(=O)(=O)O)cc21.Cl. The van der Waals surface area contributed by atoms with E-state index in [1.165, 1.54) is 6.07 Å². The standard InChI is InChI=1S/C9H10BrNO3S.ClH/c1-11-3-2-6-4-7(10)9(5-8(6)11)15(12,13)14;/h4-5H,2-3H2,1H3,(H,12,13,14);1H. The number of nitrogens with zero attached hydrogens (tertiary/aromatic N) is 1. The molecule has 0 saturated heterocycles. The molecule has 0 bridgehead atoms. The van der Waals surface area contributed by atoms with Crippen molar-refractivity contribution in [2.75, 3.05) is 18.5 Å². The zero-order valence-electron chi connectivity index (χ0n) is 8.47. The molecule has 0 spiro atoms. The third kappa shape index (κ3) is 2.34. The summed E-state index contributed by atoms with van der Waals surface area (Å²) in [6.45, 7) is 0.872. The summed E-state index contributed by atoms with van der Waals surface area (Å²) >= 11 is 3.15. The minimum Gasteiger partial charge on any atom is -0.374 e. The summed E-state index contributed by atoms with van der Waals surface area (Å²) in [5.74, 6) is 0. The number of halogens is 2. The first-order valence-electron chi connectivity index (χ1n) is 4.40. The van der Waals surface area contributed by atoms with Crippen LogP contribution in [0.15, 0.2) is 21.5 Å². The van der Waals surface area contributed by atoms with Crippen LogP contribution in [0.25, 0.3) is 0 Å². The molecule has 1 heterocycles. The summed E-state index contributed by atoms with van der Waals surface area (Å²) in [5, 5.41) is 0. The van der Waals surface area contributed by atoms with Gasteiger partial charge in [-0.05, 0) is 40.0 Å². The Bertz CT molecular complexity index is 518. The van der Waals surface area contributed by atoms with Crippen molar-refractivity contribution < 1.29 is 13.0 Å². The fourth-order valence-electron chi connectivity index (χ4n) is 1.75. The van der Waals surface area contributed by atoms with Gasteiger partial charge in [0.25, 0.3) is 10.1 Å². The Morgan fingerprint density at radius 2 is 2.06 bits per heavy atom. The first kappa shape index (κ1) is 13.8. The molecular formula is C9H11BrClNO3S. The van der Waals surface area contributed by atoms with Crippen LogP contribution >= 0.6 is 28.3 Å². The molecule has 0 amide bonds. The Morgan fingerprint density at radius 3 is 2.62 bits per heavy atom. The molecule has 90 valence electrons. The van der Waals surface area contributed by atoms with E-state index in [0.29, 0.717) is 4.47 Å². The van der Waals surface area contributed by atoms with Crippen LogP contribution in [-0.2, 0) is 16.5 Å². The highest BCUT2D eigenvalue weighted by atomic mass is 79.9. The van der Waals surface area contributed by atoms with Crippen LogP contribution in [0.4, 0.5) is 5.69 Å². The Hall–Kier alpha value is -0.300. The third-order valence-corrected chi connectivity index (χ3v) is 4.35. The van der Waals surface area contributed by atoms with Gasteiger partial charge in [-0.1, -0.05) is 0 Å². The summed E-state index contributed by atoms with van der Waals surface area (Å²) in [6, 6.07) is 3.25. The molecule has 1 aromatic rings. The zero-order chi connectivity index (χ0) is 11.2. The lowest BCUT2D eigenvalue weighted by atomic mass is 10.2. The average Bonchev–Trinajstić information content (AvgIpc) is 2.44. The van der Waals surface area contributed by atoms with Crippen LogP contribution in [-0.4, -0.2) is 26.6 Å². The topological polar surface area (TPSA) is 57.6 Å². The molecule has 1 aliphatic heterocycles. The fraction of sp³-hybridized carbons (Fsp3) is 0.333. The predicted molar refractivity (Wildman–Crippen MR) is 68.2 cm³/mol. The molecule has 7 heteroatoms. The number of likely N-dealkylation sites (N-methyl/N-ethyl adjacent to an activating group) is 1. The number of hydrogen-bond acceptors (Lipinski definition) is 3. The second-order valence-corrected chi connectivity index (χ2v) is 5.80. The minimum atomic E-state index is -4.15.